The van der Waals surface area contributed by atoms with Crippen LogP contribution in [0, 0.1) is 0 Å². The average Bonchev–Trinajstić information content (AvgIpc) is 3.03. The first kappa shape index (κ1) is 16.9. The molecule has 0 unspecified atom stereocenters. The molecule has 0 saturated carbocycles. The molecule has 0 spiro atoms. The summed E-state index contributed by atoms with van der Waals surface area (Å²) in [5.41, 5.74) is 2.68. The Bertz CT molecular complexity index is 776. The predicted octanol–water partition coefficient (Wildman–Crippen LogP) is 2.97. The van der Waals surface area contributed by atoms with Crippen LogP contribution in [0.1, 0.15) is 44.0 Å². The Kier molecular flexibility index (Phi) is 4.58. The van der Waals surface area contributed by atoms with E-state index in [1.807, 2.05) is 55.8 Å². The number of anilines is 1. The molecule has 24 heavy (non-hydrogen) atoms. The first-order valence-corrected chi connectivity index (χ1v) is 9.63. The highest BCUT2D eigenvalue weighted by Gasteiger charge is 2.31. The molecule has 1 aromatic heterocycles. The number of benzene rings is 1. The Morgan fingerprint density at radius 1 is 1.25 bits per heavy atom. The van der Waals surface area contributed by atoms with Crippen LogP contribution in [0.5, 0.6) is 0 Å². The van der Waals surface area contributed by atoms with Crippen molar-refractivity contribution >= 4 is 22.5 Å². The lowest BCUT2D eigenvalue weighted by molar-refractivity contribution is -0.116. The van der Waals surface area contributed by atoms with Crippen molar-refractivity contribution in [2.45, 2.75) is 50.7 Å². The summed E-state index contributed by atoms with van der Waals surface area (Å²) in [5.74, 6) is 1.62. The SMILES string of the molecule is CC(C)(C)n1nc2c(c1NC(=O)CCc1ccccc1)C[S@](=O)C2. The number of carbonyl (C=O) groups is 1. The van der Waals surface area contributed by atoms with Gasteiger partial charge in [0.15, 0.2) is 0 Å². The van der Waals surface area contributed by atoms with Crippen LogP contribution >= 0.6 is 0 Å². The van der Waals surface area contributed by atoms with E-state index in [1.54, 1.807) is 0 Å². The van der Waals surface area contributed by atoms with Crippen LogP contribution in [-0.4, -0.2) is 19.9 Å². The van der Waals surface area contributed by atoms with Crippen molar-refractivity contribution in [2.24, 2.45) is 0 Å². The second-order valence-corrected chi connectivity index (χ2v) is 8.58. The highest BCUT2D eigenvalue weighted by atomic mass is 32.2. The number of hydrogen-bond acceptors (Lipinski definition) is 3. The Morgan fingerprint density at radius 2 is 1.96 bits per heavy atom. The topological polar surface area (TPSA) is 64.0 Å². The molecule has 1 atom stereocenters. The zero-order chi connectivity index (χ0) is 17.3. The van der Waals surface area contributed by atoms with Crippen LogP contribution < -0.4 is 5.32 Å². The fraction of sp³-hybridized carbons (Fsp3) is 0.444. The Morgan fingerprint density at radius 3 is 2.62 bits per heavy atom. The quantitative estimate of drug-likeness (QED) is 0.926. The van der Waals surface area contributed by atoms with Crippen molar-refractivity contribution in [2.75, 3.05) is 5.32 Å². The van der Waals surface area contributed by atoms with Gasteiger partial charge in [0.05, 0.1) is 22.7 Å². The molecular weight excluding hydrogens is 322 g/mol. The lowest BCUT2D eigenvalue weighted by atomic mass is 10.1. The highest BCUT2D eigenvalue weighted by molar-refractivity contribution is 7.83. The number of rotatable bonds is 4. The molecule has 0 radical (unpaired) electrons. The highest BCUT2D eigenvalue weighted by Crippen LogP contribution is 2.32. The van der Waals surface area contributed by atoms with Crippen LogP contribution in [0.2, 0.25) is 0 Å². The standard InChI is InChI=1S/C18H23N3O2S/c1-18(2,3)21-17(14-11-24(23)12-15(14)20-21)19-16(22)10-9-13-7-5-4-6-8-13/h4-8H,9-12H2,1-3H3,(H,19,22)/t24-/m0/s1. The summed E-state index contributed by atoms with van der Waals surface area (Å²) in [6.07, 6.45) is 1.11. The van der Waals surface area contributed by atoms with Gasteiger partial charge in [-0.2, -0.15) is 5.10 Å². The fourth-order valence-electron chi connectivity index (χ4n) is 2.84. The van der Waals surface area contributed by atoms with E-state index in [0.29, 0.717) is 30.2 Å². The van der Waals surface area contributed by atoms with Crippen LogP contribution in [0.3, 0.4) is 0 Å². The van der Waals surface area contributed by atoms with E-state index in [0.717, 1.165) is 16.8 Å². The normalized spacial score (nSPS) is 16.9. The second kappa shape index (κ2) is 6.51. The van der Waals surface area contributed by atoms with Gasteiger partial charge in [-0.25, -0.2) is 4.68 Å². The summed E-state index contributed by atoms with van der Waals surface area (Å²) < 4.78 is 13.7. The number of aromatic nitrogens is 2. The zero-order valence-corrected chi connectivity index (χ0v) is 15.2. The molecule has 2 aromatic rings. The summed E-state index contributed by atoms with van der Waals surface area (Å²) in [4.78, 5) is 12.4. The molecule has 128 valence electrons. The minimum absolute atomic E-state index is 0.0373. The van der Waals surface area contributed by atoms with Crippen molar-refractivity contribution in [1.29, 1.82) is 0 Å². The molecule has 2 heterocycles. The Balaban J connectivity index is 1.76. The van der Waals surface area contributed by atoms with Gasteiger partial charge in [-0.15, -0.1) is 0 Å². The predicted molar refractivity (Wildman–Crippen MR) is 96.2 cm³/mol. The Hall–Kier alpha value is -1.95. The molecular formula is C18H23N3O2S. The smallest absolute Gasteiger partial charge is 0.225 e. The summed E-state index contributed by atoms with van der Waals surface area (Å²) in [5, 5.41) is 7.61. The largest absolute Gasteiger partial charge is 0.311 e. The molecule has 1 N–H and O–H groups in total. The molecule has 5 nitrogen and oxygen atoms in total. The minimum atomic E-state index is -0.909. The second-order valence-electron chi connectivity index (χ2n) is 7.12. The zero-order valence-electron chi connectivity index (χ0n) is 14.3. The molecule has 0 aliphatic carbocycles. The van der Waals surface area contributed by atoms with Gasteiger partial charge in [-0.05, 0) is 32.8 Å². The van der Waals surface area contributed by atoms with Gasteiger partial charge in [0.2, 0.25) is 5.91 Å². The van der Waals surface area contributed by atoms with Gasteiger partial charge < -0.3 is 5.32 Å². The fourth-order valence-corrected chi connectivity index (χ4v) is 4.10. The molecule has 0 saturated heterocycles. The third-order valence-corrected chi connectivity index (χ3v) is 5.25. The minimum Gasteiger partial charge on any atom is -0.311 e. The first-order valence-electron chi connectivity index (χ1n) is 8.14. The lowest BCUT2D eigenvalue weighted by Crippen LogP contribution is -2.27. The van der Waals surface area contributed by atoms with Crippen LogP contribution in [0.25, 0.3) is 0 Å². The molecule has 0 fully saturated rings. The van der Waals surface area contributed by atoms with E-state index >= 15 is 0 Å². The summed E-state index contributed by atoms with van der Waals surface area (Å²) in [6, 6.07) is 9.96. The van der Waals surface area contributed by atoms with E-state index in [2.05, 4.69) is 10.4 Å². The number of aryl methyl sites for hydroxylation is 1. The maximum Gasteiger partial charge on any atom is 0.225 e. The molecule has 1 aliphatic heterocycles. The van der Waals surface area contributed by atoms with Crippen LogP contribution in [0.15, 0.2) is 30.3 Å². The number of amides is 1. The number of nitrogens with zero attached hydrogens (tertiary/aromatic N) is 2. The van der Waals surface area contributed by atoms with Crippen molar-refractivity contribution in [3.05, 3.63) is 47.2 Å². The number of carbonyl (C=O) groups excluding carboxylic acids is 1. The van der Waals surface area contributed by atoms with E-state index < -0.39 is 10.8 Å². The summed E-state index contributed by atoms with van der Waals surface area (Å²) in [7, 11) is -0.909. The Labute approximate surface area is 144 Å². The van der Waals surface area contributed by atoms with Crippen molar-refractivity contribution in [1.82, 2.24) is 9.78 Å². The summed E-state index contributed by atoms with van der Waals surface area (Å²) in [6.45, 7) is 6.14. The maximum atomic E-state index is 12.4. The average molecular weight is 345 g/mol. The third kappa shape index (κ3) is 3.59. The number of nitrogens with one attached hydrogen (secondary N) is 1. The van der Waals surface area contributed by atoms with Gasteiger partial charge >= 0.3 is 0 Å². The van der Waals surface area contributed by atoms with Gasteiger partial charge in [-0.1, -0.05) is 30.3 Å². The third-order valence-electron chi connectivity index (χ3n) is 4.05. The lowest BCUT2D eigenvalue weighted by Gasteiger charge is -2.23. The van der Waals surface area contributed by atoms with Gasteiger partial charge in [0.25, 0.3) is 0 Å². The van der Waals surface area contributed by atoms with Crippen LogP contribution in [0.4, 0.5) is 5.82 Å². The molecule has 1 aliphatic rings. The van der Waals surface area contributed by atoms with Gasteiger partial charge in [0.1, 0.15) is 5.82 Å². The molecule has 6 heteroatoms. The number of fused-ring (bicyclic) bond motifs is 1. The molecule has 0 bridgehead atoms. The van der Waals surface area contributed by atoms with E-state index in [1.165, 1.54) is 0 Å². The van der Waals surface area contributed by atoms with E-state index in [4.69, 9.17) is 0 Å². The van der Waals surface area contributed by atoms with Crippen LogP contribution in [-0.2, 0) is 39.1 Å². The molecule has 1 amide bonds. The van der Waals surface area contributed by atoms with Gasteiger partial charge in [-0.3, -0.25) is 9.00 Å². The van der Waals surface area contributed by atoms with E-state index in [9.17, 15) is 9.00 Å². The maximum absolute atomic E-state index is 12.4. The molecule has 1 aromatic carbocycles. The van der Waals surface area contributed by atoms with Gasteiger partial charge in [0, 0.05) is 22.8 Å². The number of hydrogen-bond donors (Lipinski definition) is 1. The van der Waals surface area contributed by atoms with Crippen molar-refractivity contribution in [3.63, 3.8) is 0 Å². The molecule has 3 rings (SSSR count). The summed E-state index contributed by atoms with van der Waals surface area (Å²) >= 11 is 0. The van der Waals surface area contributed by atoms with Crippen molar-refractivity contribution in [3.8, 4) is 0 Å². The van der Waals surface area contributed by atoms with Crippen molar-refractivity contribution < 1.29 is 9.00 Å². The monoisotopic (exact) mass is 345 g/mol. The van der Waals surface area contributed by atoms with E-state index in [-0.39, 0.29) is 11.4 Å². The first-order chi connectivity index (χ1) is 11.3.